The van der Waals surface area contributed by atoms with Gasteiger partial charge in [-0.05, 0) is 38.2 Å². The van der Waals surface area contributed by atoms with Crippen LogP contribution in [0.4, 0.5) is 5.69 Å². The Balaban J connectivity index is 1.90. The topological polar surface area (TPSA) is 60.0 Å². The molecule has 26 heavy (non-hydrogen) atoms. The van der Waals surface area contributed by atoms with Gasteiger partial charge in [-0.15, -0.1) is 0 Å². The monoisotopic (exact) mass is 358 g/mol. The number of carbonyl (C=O) groups is 1. The minimum atomic E-state index is -0.328. The summed E-state index contributed by atoms with van der Waals surface area (Å²) in [5, 5.41) is 2.90. The van der Waals surface area contributed by atoms with Gasteiger partial charge in [0.25, 0.3) is 0 Å². The van der Waals surface area contributed by atoms with E-state index in [9.17, 15) is 4.79 Å². The van der Waals surface area contributed by atoms with Gasteiger partial charge in [0.1, 0.15) is 23.9 Å². The zero-order valence-electron chi connectivity index (χ0n) is 15.7. The van der Waals surface area contributed by atoms with Gasteiger partial charge in [-0.3, -0.25) is 9.69 Å². The quantitative estimate of drug-likeness (QED) is 0.747. The summed E-state index contributed by atoms with van der Waals surface area (Å²) in [7, 11) is 5.03. The number of carbonyl (C=O) groups excluding carboxylic acids is 1. The number of para-hydroxylation sites is 1. The van der Waals surface area contributed by atoms with Crippen LogP contribution < -0.4 is 19.5 Å². The zero-order valence-corrected chi connectivity index (χ0v) is 15.7. The highest BCUT2D eigenvalue weighted by molar-refractivity contribution is 5.96. The number of nitrogens with zero attached hydrogens (tertiary/aromatic N) is 1. The van der Waals surface area contributed by atoms with Crippen molar-refractivity contribution in [2.45, 2.75) is 13.0 Å². The minimum Gasteiger partial charge on any atom is -0.497 e. The van der Waals surface area contributed by atoms with Crippen LogP contribution in [0, 0.1) is 0 Å². The second-order valence-electron chi connectivity index (χ2n) is 5.87. The van der Waals surface area contributed by atoms with Crippen molar-refractivity contribution in [2.75, 3.05) is 39.7 Å². The van der Waals surface area contributed by atoms with Crippen LogP contribution in [0.15, 0.2) is 48.5 Å². The molecule has 2 rings (SSSR count). The summed E-state index contributed by atoms with van der Waals surface area (Å²) in [6.45, 7) is 2.98. The Morgan fingerprint density at radius 2 is 1.81 bits per heavy atom. The number of nitrogens with one attached hydrogen (secondary N) is 1. The summed E-state index contributed by atoms with van der Waals surface area (Å²) in [5.41, 5.74) is 0.581. The van der Waals surface area contributed by atoms with Crippen molar-refractivity contribution >= 4 is 11.6 Å². The van der Waals surface area contributed by atoms with Crippen LogP contribution in [-0.2, 0) is 4.79 Å². The zero-order chi connectivity index (χ0) is 18.9. The van der Waals surface area contributed by atoms with Gasteiger partial charge < -0.3 is 19.5 Å². The summed E-state index contributed by atoms with van der Waals surface area (Å²) >= 11 is 0. The van der Waals surface area contributed by atoms with Crippen molar-refractivity contribution in [3.63, 3.8) is 0 Å². The molecule has 140 valence electrons. The molecule has 0 fully saturated rings. The van der Waals surface area contributed by atoms with Gasteiger partial charge in [0, 0.05) is 12.6 Å². The Morgan fingerprint density at radius 3 is 2.46 bits per heavy atom. The molecule has 2 aromatic rings. The fourth-order valence-corrected chi connectivity index (χ4v) is 2.37. The van der Waals surface area contributed by atoms with Crippen LogP contribution in [0.25, 0.3) is 0 Å². The van der Waals surface area contributed by atoms with Gasteiger partial charge in [-0.2, -0.15) is 0 Å². The highest BCUT2D eigenvalue weighted by atomic mass is 16.5. The van der Waals surface area contributed by atoms with Gasteiger partial charge in [0.2, 0.25) is 5.91 Å². The van der Waals surface area contributed by atoms with Crippen molar-refractivity contribution in [3.8, 4) is 17.2 Å². The van der Waals surface area contributed by atoms with E-state index in [2.05, 4.69) is 5.32 Å². The van der Waals surface area contributed by atoms with Crippen molar-refractivity contribution in [2.24, 2.45) is 0 Å². The predicted molar refractivity (Wildman–Crippen MR) is 102 cm³/mol. The first-order chi connectivity index (χ1) is 12.5. The first kappa shape index (κ1) is 19.6. The third-order valence-electron chi connectivity index (χ3n) is 4.16. The molecule has 0 saturated carbocycles. The molecule has 1 N–H and O–H groups in total. The molecule has 6 nitrogen and oxygen atoms in total. The minimum absolute atomic E-state index is 0.126. The Labute approximate surface area is 154 Å². The standard InChI is InChI=1S/C20H26N2O4/c1-15(22(2)12-13-26-16-8-6-5-7-9-16)20(23)21-18-14-17(24-3)10-11-19(18)25-4/h5-11,14-15H,12-13H2,1-4H3,(H,21,23). The molecule has 1 unspecified atom stereocenters. The van der Waals surface area contributed by atoms with Crippen molar-refractivity contribution in [3.05, 3.63) is 48.5 Å². The second kappa shape index (κ2) is 9.68. The molecule has 0 aromatic heterocycles. The molecule has 0 spiro atoms. The van der Waals surface area contributed by atoms with Crippen molar-refractivity contribution in [1.82, 2.24) is 4.90 Å². The fraction of sp³-hybridized carbons (Fsp3) is 0.350. The lowest BCUT2D eigenvalue weighted by Crippen LogP contribution is -2.41. The summed E-state index contributed by atoms with van der Waals surface area (Å²) < 4.78 is 16.2. The third-order valence-corrected chi connectivity index (χ3v) is 4.16. The number of anilines is 1. The molecular formula is C20H26N2O4. The van der Waals surface area contributed by atoms with E-state index >= 15 is 0 Å². The lowest BCUT2D eigenvalue weighted by Gasteiger charge is -2.24. The van der Waals surface area contributed by atoms with Crippen LogP contribution in [0.3, 0.4) is 0 Å². The highest BCUT2D eigenvalue weighted by Gasteiger charge is 2.19. The summed E-state index contributed by atoms with van der Waals surface area (Å²) in [5.74, 6) is 1.93. The predicted octanol–water partition coefficient (Wildman–Crippen LogP) is 3.04. The van der Waals surface area contributed by atoms with E-state index < -0.39 is 0 Å². The first-order valence-electron chi connectivity index (χ1n) is 8.46. The van der Waals surface area contributed by atoms with Crippen molar-refractivity contribution in [1.29, 1.82) is 0 Å². The lowest BCUT2D eigenvalue weighted by atomic mass is 10.2. The molecule has 0 saturated heterocycles. The SMILES string of the molecule is COc1ccc(OC)c(NC(=O)C(C)N(C)CCOc2ccccc2)c1. The molecule has 0 bridgehead atoms. The Bertz CT molecular complexity index is 706. The summed E-state index contributed by atoms with van der Waals surface area (Å²) in [4.78, 5) is 14.5. The van der Waals surface area contributed by atoms with E-state index in [4.69, 9.17) is 14.2 Å². The molecule has 6 heteroatoms. The average molecular weight is 358 g/mol. The van der Waals surface area contributed by atoms with E-state index in [0.717, 1.165) is 5.75 Å². The molecule has 0 aliphatic carbocycles. The smallest absolute Gasteiger partial charge is 0.241 e. The molecule has 1 atom stereocenters. The fourth-order valence-electron chi connectivity index (χ4n) is 2.37. The largest absolute Gasteiger partial charge is 0.497 e. The van der Waals surface area contributed by atoms with Crippen LogP contribution >= 0.6 is 0 Å². The number of hydrogen-bond acceptors (Lipinski definition) is 5. The summed E-state index contributed by atoms with van der Waals surface area (Å²) in [6, 6.07) is 14.6. The van der Waals surface area contributed by atoms with Gasteiger partial charge in [0.15, 0.2) is 0 Å². The van der Waals surface area contributed by atoms with E-state index in [-0.39, 0.29) is 11.9 Å². The number of likely N-dealkylation sites (N-methyl/N-ethyl adjacent to an activating group) is 1. The lowest BCUT2D eigenvalue weighted by molar-refractivity contribution is -0.120. The molecule has 2 aromatic carbocycles. The van der Waals surface area contributed by atoms with E-state index in [1.165, 1.54) is 0 Å². The normalized spacial score (nSPS) is 11.7. The van der Waals surface area contributed by atoms with Gasteiger partial charge in [-0.25, -0.2) is 0 Å². The molecule has 0 aliphatic rings. The van der Waals surface area contributed by atoms with Crippen molar-refractivity contribution < 1.29 is 19.0 Å². The number of methoxy groups -OCH3 is 2. The summed E-state index contributed by atoms with van der Waals surface area (Å²) in [6.07, 6.45) is 0. The molecule has 1 amide bonds. The third kappa shape index (κ3) is 5.39. The van der Waals surface area contributed by atoms with Gasteiger partial charge in [-0.1, -0.05) is 18.2 Å². The van der Waals surface area contributed by atoms with Crippen LogP contribution in [0.5, 0.6) is 17.2 Å². The second-order valence-corrected chi connectivity index (χ2v) is 5.87. The maximum atomic E-state index is 12.6. The number of benzene rings is 2. The number of rotatable bonds is 9. The molecule has 0 aliphatic heterocycles. The molecular weight excluding hydrogens is 332 g/mol. The van der Waals surface area contributed by atoms with Crippen LogP contribution in [0.2, 0.25) is 0 Å². The van der Waals surface area contributed by atoms with E-state index in [0.29, 0.717) is 30.3 Å². The van der Waals surface area contributed by atoms with Gasteiger partial charge in [0.05, 0.1) is 25.9 Å². The Hall–Kier alpha value is -2.73. The van der Waals surface area contributed by atoms with E-state index in [1.54, 1.807) is 32.4 Å². The first-order valence-corrected chi connectivity index (χ1v) is 8.46. The number of amides is 1. The average Bonchev–Trinajstić information content (AvgIpc) is 2.67. The molecule has 0 radical (unpaired) electrons. The van der Waals surface area contributed by atoms with Gasteiger partial charge >= 0.3 is 0 Å². The highest BCUT2D eigenvalue weighted by Crippen LogP contribution is 2.29. The molecule has 0 heterocycles. The van der Waals surface area contributed by atoms with E-state index in [1.807, 2.05) is 49.2 Å². The number of ether oxygens (including phenoxy) is 3. The maximum absolute atomic E-state index is 12.6. The Kier molecular flexibility index (Phi) is 7.29. The van der Waals surface area contributed by atoms with Crippen LogP contribution in [0.1, 0.15) is 6.92 Å². The Morgan fingerprint density at radius 1 is 1.08 bits per heavy atom. The van der Waals surface area contributed by atoms with Crippen LogP contribution in [-0.4, -0.2) is 51.3 Å². The number of hydrogen-bond donors (Lipinski definition) is 1. The maximum Gasteiger partial charge on any atom is 0.241 e.